The molecule has 0 radical (unpaired) electrons. The molecule has 0 atom stereocenters. The highest BCUT2D eigenvalue weighted by Gasteiger charge is 1.99. The van der Waals surface area contributed by atoms with Crippen LogP contribution in [0, 0.1) is 11.3 Å². The summed E-state index contributed by atoms with van der Waals surface area (Å²) < 4.78 is 5.22. The lowest BCUT2D eigenvalue weighted by atomic mass is 10.2. The molecule has 0 aliphatic carbocycles. The maximum atomic E-state index is 8.42. The molecule has 17 heavy (non-hydrogen) atoms. The summed E-state index contributed by atoms with van der Waals surface area (Å²) in [5, 5.41) is 20.0. The van der Waals surface area contributed by atoms with Crippen LogP contribution in [0.25, 0.3) is 0 Å². The molecule has 1 N–H and O–H groups in total. The van der Waals surface area contributed by atoms with Gasteiger partial charge in [0.2, 0.25) is 5.13 Å². The second-order valence-corrected chi connectivity index (χ2v) is 4.02. The second kappa shape index (κ2) is 5.82. The summed E-state index contributed by atoms with van der Waals surface area (Å²) in [5.74, 6) is 0.697. The van der Waals surface area contributed by atoms with E-state index in [1.54, 1.807) is 5.51 Å². The van der Waals surface area contributed by atoms with Crippen LogP contribution >= 0.6 is 11.3 Å². The molecule has 0 aliphatic rings. The van der Waals surface area contributed by atoms with Crippen LogP contribution in [-0.2, 0) is 6.54 Å². The number of nitrogens with one attached hydrogen (secondary N) is 1. The van der Waals surface area contributed by atoms with E-state index in [0.29, 0.717) is 12.3 Å². The summed E-state index contributed by atoms with van der Waals surface area (Å²) in [6, 6.07) is 9.53. The van der Waals surface area contributed by atoms with Crippen molar-refractivity contribution in [3.63, 3.8) is 0 Å². The van der Waals surface area contributed by atoms with Crippen LogP contribution in [0.1, 0.15) is 5.56 Å². The standard InChI is InChI=1S/C11H10N4OS/c12-4-5-16-10-3-1-2-9(6-10)7-13-11-15-14-8-17-11/h1-3,6,8H,5,7H2,(H,13,15). The number of rotatable bonds is 5. The fourth-order valence-electron chi connectivity index (χ4n) is 1.29. The van der Waals surface area contributed by atoms with Gasteiger partial charge in [0.15, 0.2) is 6.61 Å². The maximum absolute atomic E-state index is 8.42. The number of anilines is 1. The number of ether oxygens (including phenoxy) is 1. The van der Waals surface area contributed by atoms with Crippen molar-refractivity contribution in [2.24, 2.45) is 0 Å². The molecule has 1 heterocycles. The Labute approximate surface area is 103 Å². The van der Waals surface area contributed by atoms with E-state index >= 15 is 0 Å². The average Bonchev–Trinajstić information content (AvgIpc) is 2.87. The van der Waals surface area contributed by atoms with E-state index < -0.39 is 0 Å². The number of aromatic nitrogens is 2. The largest absolute Gasteiger partial charge is 0.479 e. The SMILES string of the molecule is N#CCOc1cccc(CNc2nncs2)c1. The van der Waals surface area contributed by atoms with E-state index in [-0.39, 0.29) is 6.61 Å². The van der Waals surface area contributed by atoms with Gasteiger partial charge in [0.25, 0.3) is 0 Å². The number of hydrogen-bond donors (Lipinski definition) is 1. The van der Waals surface area contributed by atoms with Crippen molar-refractivity contribution in [1.82, 2.24) is 10.2 Å². The van der Waals surface area contributed by atoms with Crippen LogP contribution in [0.3, 0.4) is 0 Å². The first-order chi connectivity index (χ1) is 8.38. The maximum Gasteiger partial charge on any atom is 0.205 e. The molecule has 1 aromatic heterocycles. The highest BCUT2D eigenvalue weighted by Crippen LogP contribution is 2.15. The van der Waals surface area contributed by atoms with Gasteiger partial charge in [0, 0.05) is 6.54 Å². The van der Waals surface area contributed by atoms with Crippen LogP contribution in [0.15, 0.2) is 29.8 Å². The minimum Gasteiger partial charge on any atom is -0.479 e. The minimum atomic E-state index is 0.0628. The van der Waals surface area contributed by atoms with Crippen LogP contribution in [-0.4, -0.2) is 16.8 Å². The Morgan fingerprint density at radius 3 is 3.18 bits per heavy atom. The van der Waals surface area contributed by atoms with Crippen LogP contribution in [0.2, 0.25) is 0 Å². The van der Waals surface area contributed by atoms with E-state index in [0.717, 1.165) is 10.7 Å². The van der Waals surface area contributed by atoms with Crippen molar-refractivity contribution in [2.45, 2.75) is 6.54 Å². The third-order valence-corrected chi connectivity index (χ3v) is 2.65. The summed E-state index contributed by atoms with van der Waals surface area (Å²) in [6.45, 7) is 0.715. The zero-order valence-electron chi connectivity index (χ0n) is 8.96. The molecular formula is C11H10N4OS. The zero-order valence-corrected chi connectivity index (χ0v) is 9.78. The molecule has 0 fully saturated rings. The van der Waals surface area contributed by atoms with Gasteiger partial charge in [-0.2, -0.15) is 5.26 Å². The highest BCUT2D eigenvalue weighted by molar-refractivity contribution is 7.13. The molecule has 1 aromatic carbocycles. The molecule has 0 unspecified atom stereocenters. The first-order valence-electron chi connectivity index (χ1n) is 4.97. The van der Waals surface area contributed by atoms with Gasteiger partial charge in [-0.25, -0.2) is 0 Å². The fraction of sp³-hybridized carbons (Fsp3) is 0.182. The molecular weight excluding hydrogens is 236 g/mol. The smallest absolute Gasteiger partial charge is 0.205 e. The van der Waals surface area contributed by atoms with E-state index in [9.17, 15) is 0 Å². The van der Waals surface area contributed by atoms with Crippen molar-refractivity contribution in [2.75, 3.05) is 11.9 Å². The minimum absolute atomic E-state index is 0.0628. The van der Waals surface area contributed by atoms with Crippen LogP contribution in [0.5, 0.6) is 5.75 Å². The van der Waals surface area contributed by atoms with Crippen molar-refractivity contribution >= 4 is 16.5 Å². The average molecular weight is 246 g/mol. The Kier molecular flexibility index (Phi) is 3.89. The van der Waals surface area contributed by atoms with Crippen molar-refractivity contribution in [1.29, 1.82) is 5.26 Å². The molecule has 0 amide bonds. The van der Waals surface area contributed by atoms with Gasteiger partial charge in [-0.05, 0) is 17.7 Å². The lowest BCUT2D eigenvalue weighted by Gasteiger charge is -2.05. The van der Waals surface area contributed by atoms with E-state index in [1.807, 2.05) is 30.3 Å². The molecule has 0 spiro atoms. The van der Waals surface area contributed by atoms with E-state index in [1.165, 1.54) is 11.3 Å². The van der Waals surface area contributed by atoms with Gasteiger partial charge >= 0.3 is 0 Å². The monoisotopic (exact) mass is 246 g/mol. The number of hydrogen-bond acceptors (Lipinski definition) is 6. The molecule has 2 aromatic rings. The van der Waals surface area contributed by atoms with Gasteiger partial charge in [-0.1, -0.05) is 23.5 Å². The number of benzene rings is 1. The summed E-state index contributed by atoms with van der Waals surface area (Å²) in [6.07, 6.45) is 0. The Morgan fingerprint density at radius 1 is 1.47 bits per heavy atom. The molecule has 0 aliphatic heterocycles. The predicted molar refractivity (Wildman–Crippen MR) is 64.8 cm³/mol. The van der Waals surface area contributed by atoms with Crippen molar-refractivity contribution < 1.29 is 4.74 Å². The first-order valence-corrected chi connectivity index (χ1v) is 5.85. The quantitative estimate of drug-likeness (QED) is 0.874. The normalized spacial score (nSPS) is 9.59. The van der Waals surface area contributed by atoms with E-state index in [2.05, 4.69) is 15.5 Å². The second-order valence-electron chi connectivity index (χ2n) is 3.19. The summed E-state index contributed by atoms with van der Waals surface area (Å²) in [7, 11) is 0. The molecule has 0 bridgehead atoms. The van der Waals surface area contributed by atoms with Gasteiger partial charge in [0.05, 0.1) is 0 Å². The molecule has 5 nitrogen and oxygen atoms in total. The lowest BCUT2D eigenvalue weighted by Crippen LogP contribution is -2.00. The van der Waals surface area contributed by atoms with Gasteiger partial charge in [0.1, 0.15) is 17.3 Å². The van der Waals surface area contributed by atoms with E-state index in [4.69, 9.17) is 10.00 Å². The third-order valence-electron chi connectivity index (χ3n) is 2.01. The van der Waals surface area contributed by atoms with Gasteiger partial charge in [-0.3, -0.25) is 0 Å². The Morgan fingerprint density at radius 2 is 2.41 bits per heavy atom. The predicted octanol–water partition coefficient (Wildman–Crippen LogP) is 2.05. The number of nitrogens with zero attached hydrogens (tertiary/aromatic N) is 3. The van der Waals surface area contributed by atoms with Crippen LogP contribution in [0.4, 0.5) is 5.13 Å². The first kappa shape index (κ1) is 11.4. The van der Waals surface area contributed by atoms with Gasteiger partial charge in [-0.15, -0.1) is 10.2 Å². The molecule has 0 saturated heterocycles. The fourth-order valence-corrected chi connectivity index (χ4v) is 1.73. The van der Waals surface area contributed by atoms with Gasteiger partial charge < -0.3 is 10.1 Å². The number of nitriles is 1. The van der Waals surface area contributed by atoms with Crippen molar-refractivity contribution in [3.05, 3.63) is 35.3 Å². The highest BCUT2D eigenvalue weighted by atomic mass is 32.1. The molecule has 0 saturated carbocycles. The Balaban J connectivity index is 1.94. The third kappa shape index (κ3) is 3.43. The molecule has 86 valence electrons. The van der Waals surface area contributed by atoms with Crippen molar-refractivity contribution in [3.8, 4) is 11.8 Å². The molecule has 2 rings (SSSR count). The summed E-state index contributed by atoms with van der Waals surface area (Å²) in [4.78, 5) is 0. The van der Waals surface area contributed by atoms with Crippen LogP contribution < -0.4 is 10.1 Å². The molecule has 6 heteroatoms. The summed E-state index contributed by atoms with van der Waals surface area (Å²) in [5.41, 5.74) is 2.74. The lowest BCUT2D eigenvalue weighted by molar-refractivity contribution is 0.368. The Hall–Kier alpha value is -2.13. The topological polar surface area (TPSA) is 70.8 Å². The summed E-state index contributed by atoms with van der Waals surface area (Å²) >= 11 is 1.45. The zero-order chi connectivity index (χ0) is 11.9. The Bertz CT molecular complexity index is 506.